The molecule has 18 heavy (non-hydrogen) atoms. The van der Waals surface area contributed by atoms with Crippen molar-refractivity contribution in [1.82, 2.24) is 15.6 Å². The topological polar surface area (TPSA) is 37.0 Å². The van der Waals surface area contributed by atoms with Crippen molar-refractivity contribution in [3.05, 3.63) is 16.1 Å². The van der Waals surface area contributed by atoms with Crippen molar-refractivity contribution in [2.24, 2.45) is 0 Å². The maximum atomic E-state index is 4.51. The molecule has 2 rings (SSSR count). The van der Waals surface area contributed by atoms with E-state index in [0.717, 1.165) is 6.42 Å². The monoisotopic (exact) mass is 267 g/mol. The Bertz CT molecular complexity index is 358. The van der Waals surface area contributed by atoms with Crippen molar-refractivity contribution in [2.75, 3.05) is 6.54 Å². The second-order valence-electron chi connectivity index (χ2n) is 5.34. The number of nitrogens with one attached hydrogen (secondary N) is 2. The standard InChI is InChI=1S/C14H25N3S/c1-4-13-9-16-14(18-13)11(3)17-10(2)8-12-6-5-7-15-12/h9-12,15,17H,4-8H2,1-3H3. The average molecular weight is 267 g/mol. The summed E-state index contributed by atoms with van der Waals surface area (Å²) in [5.74, 6) is 0. The van der Waals surface area contributed by atoms with Crippen LogP contribution in [0.4, 0.5) is 0 Å². The lowest BCUT2D eigenvalue weighted by Gasteiger charge is -2.21. The lowest BCUT2D eigenvalue weighted by molar-refractivity contribution is 0.407. The molecule has 1 fully saturated rings. The highest BCUT2D eigenvalue weighted by Crippen LogP contribution is 2.21. The number of hydrogen-bond acceptors (Lipinski definition) is 4. The highest BCUT2D eigenvalue weighted by molar-refractivity contribution is 7.11. The smallest absolute Gasteiger partial charge is 0.109 e. The summed E-state index contributed by atoms with van der Waals surface area (Å²) in [5, 5.41) is 8.45. The van der Waals surface area contributed by atoms with Crippen molar-refractivity contribution < 1.29 is 0 Å². The van der Waals surface area contributed by atoms with Crippen LogP contribution in [0.3, 0.4) is 0 Å². The molecule has 0 saturated carbocycles. The second kappa shape index (κ2) is 6.64. The molecule has 0 aliphatic carbocycles. The fraction of sp³-hybridized carbons (Fsp3) is 0.786. The second-order valence-corrected chi connectivity index (χ2v) is 6.48. The lowest BCUT2D eigenvalue weighted by Crippen LogP contribution is -2.35. The third-order valence-electron chi connectivity index (χ3n) is 3.63. The molecule has 1 aromatic heterocycles. The van der Waals surface area contributed by atoms with E-state index >= 15 is 0 Å². The van der Waals surface area contributed by atoms with Crippen LogP contribution in [0.2, 0.25) is 0 Å². The van der Waals surface area contributed by atoms with Crippen LogP contribution in [0.1, 0.15) is 56.0 Å². The van der Waals surface area contributed by atoms with E-state index in [-0.39, 0.29) is 0 Å². The van der Waals surface area contributed by atoms with E-state index in [4.69, 9.17) is 0 Å². The lowest BCUT2D eigenvalue weighted by atomic mass is 10.1. The van der Waals surface area contributed by atoms with Gasteiger partial charge in [-0.15, -0.1) is 11.3 Å². The first-order valence-corrected chi connectivity index (χ1v) is 7.94. The van der Waals surface area contributed by atoms with Gasteiger partial charge in [0, 0.05) is 23.2 Å². The van der Waals surface area contributed by atoms with E-state index in [1.54, 1.807) is 0 Å². The van der Waals surface area contributed by atoms with Gasteiger partial charge in [0.05, 0.1) is 6.04 Å². The summed E-state index contributed by atoms with van der Waals surface area (Å²) >= 11 is 1.84. The molecule has 0 radical (unpaired) electrons. The molecule has 2 heterocycles. The number of aromatic nitrogens is 1. The SMILES string of the molecule is CCc1cnc(C(C)NC(C)CC2CCCN2)s1. The summed E-state index contributed by atoms with van der Waals surface area (Å²) in [4.78, 5) is 5.89. The molecule has 0 spiro atoms. The molecule has 1 aromatic rings. The number of hydrogen-bond donors (Lipinski definition) is 2. The summed E-state index contributed by atoms with van der Waals surface area (Å²) in [6, 6.07) is 1.62. The number of aryl methyl sites for hydroxylation is 1. The fourth-order valence-electron chi connectivity index (χ4n) is 2.64. The fourth-order valence-corrected chi connectivity index (χ4v) is 3.51. The van der Waals surface area contributed by atoms with Crippen molar-refractivity contribution in [1.29, 1.82) is 0 Å². The maximum absolute atomic E-state index is 4.51. The molecular formula is C14H25N3S. The molecule has 3 nitrogen and oxygen atoms in total. The van der Waals surface area contributed by atoms with Gasteiger partial charge in [-0.2, -0.15) is 0 Å². The van der Waals surface area contributed by atoms with Crippen LogP contribution in [0.5, 0.6) is 0 Å². The maximum Gasteiger partial charge on any atom is 0.109 e. The molecule has 0 amide bonds. The van der Waals surface area contributed by atoms with Crippen LogP contribution in [-0.4, -0.2) is 23.6 Å². The van der Waals surface area contributed by atoms with Crippen molar-refractivity contribution in [2.45, 2.75) is 64.6 Å². The summed E-state index contributed by atoms with van der Waals surface area (Å²) < 4.78 is 0. The summed E-state index contributed by atoms with van der Waals surface area (Å²) in [6.07, 6.45) is 6.99. The first-order chi connectivity index (χ1) is 8.69. The molecule has 2 N–H and O–H groups in total. The van der Waals surface area contributed by atoms with Crippen LogP contribution in [0.25, 0.3) is 0 Å². The summed E-state index contributed by atoms with van der Waals surface area (Å²) in [7, 11) is 0. The summed E-state index contributed by atoms with van der Waals surface area (Å²) in [6.45, 7) is 7.88. The molecule has 1 saturated heterocycles. The first kappa shape index (κ1) is 14.0. The Kier molecular flexibility index (Phi) is 5.15. The van der Waals surface area contributed by atoms with Crippen molar-refractivity contribution in [3.8, 4) is 0 Å². The van der Waals surface area contributed by atoms with Crippen LogP contribution >= 0.6 is 11.3 Å². The van der Waals surface area contributed by atoms with Gasteiger partial charge < -0.3 is 10.6 Å². The normalized spacial score (nSPS) is 23.2. The minimum atomic E-state index is 0.367. The van der Waals surface area contributed by atoms with Gasteiger partial charge in [-0.3, -0.25) is 0 Å². The molecule has 3 unspecified atom stereocenters. The Hall–Kier alpha value is -0.450. The van der Waals surface area contributed by atoms with E-state index in [0.29, 0.717) is 18.1 Å². The van der Waals surface area contributed by atoms with Gasteiger partial charge >= 0.3 is 0 Å². The largest absolute Gasteiger partial charge is 0.314 e. The Labute approximate surface area is 114 Å². The van der Waals surface area contributed by atoms with Crippen molar-refractivity contribution >= 4 is 11.3 Å². The van der Waals surface area contributed by atoms with Crippen LogP contribution in [0, 0.1) is 0 Å². The zero-order valence-corrected chi connectivity index (χ0v) is 12.5. The van der Waals surface area contributed by atoms with Gasteiger partial charge in [0.1, 0.15) is 5.01 Å². The predicted octanol–water partition coefficient (Wildman–Crippen LogP) is 2.89. The highest BCUT2D eigenvalue weighted by Gasteiger charge is 2.19. The number of nitrogens with zero attached hydrogens (tertiary/aromatic N) is 1. The Balaban J connectivity index is 1.80. The van der Waals surface area contributed by atoms with Crippen LogP contribution < -0.4 is 10.6 Å². The molecule has 4 heteroatoms. The van der Waals surface area contributed by atoms with Gasteiger partial charge in [-0.1, -0.05) is 6.92 Å². The molecule has 0 aromatic carbocycles. The predicted molar refractivity (Wildman–Crippen MR) is 78.1 cm³/mol. The summed E-state index contributed by atoms with van der Waals surface area (Å²) in [5.41, 5.74) is 0. The van der Waals surface area contributed by atoms with Gasteiger partial charge in [-0.05, 0) is 46.1 Å². The molecule has 1 aliphatic heterocycles. The van der Waals surface area contributed by atoms with E-state index in [1.165, 1.54) is 35.7 Å². The van der Waals surface area contributed by atoms with Gasteiger partial charge in [0.15, 0.2) is 0 Å². The third-order valence-corrected chi connectivity index (χ3v) is 4.95. The van der Waals surface area contributed by atoms with Gasteiger partial charge in [-0.25, -0.2) is 4.98 Å². The minimum absolute atomic E-state index is 0.367. The molecular weight excluding hydrogens is 242 g/mol. The van der Waals surface area contributed by atoms with E-state index < -0.39 is 0 Å². The first-order valence-electron chi connectivity index (χ1n) is 7.13. The Morgan fingerprint density at radius 2 is 2.39 bits per heavy atom. The Morgan fingerprint density at radius 1 is 1.56 bits per heavy atom. The minimum Gasteiger partial charge on any atom is -0.314 e. The van der Waals surface area contributed by atoms with Gasteiger partial charge in [0.2, 0.25) is 0 Å². The van der Waals surface area contributed by atoms with E-state index in [9.17, 15) is 0 Å². The van der Waals surface area contributed by atoms with E-state index in [2.05, 4.69) is 36.4 Å². The van der Waals surface area contributed by atoms with Gasteiger partial charge in [0.25, 0.3) is 0 Å². The molecule has 1 aliphatic rings. The van der Waals surface area contributed by atoms with Crippen LogP contribution in [0.15, 0.2) is 6.20 Å². The quantitative estimate of drug-likeness (QED) is 0.832. The zero-order chi connectivity index (χ0) is 13.0. The molecule has 102 valence electrons. The van der Waals surface area contributed by atoms with Crippen LogP contribution in [-0.2, 0) is 6.42 Å². The third kappa shape index (κ3) is 3.77. The molecule has 0 bridgehead atoms. The zero-order valence-electron chi connectivity index (χ0n) is 11.7. The van der Waals surface area contributed by atoms with E-state index in [1.807, 2.05) is 17.5 Å². The highest BCUT2D eigenvalue weighted by atomic mass is 32.1. The average Bonchev–Trinajstić information content (AvgIpc) is 2.98. The number of thiazole rings is 1. The van der Waals surface area contributed by atoms with Crippen molar-refractivity contribution in [3.63, 3.8) is 0 Å². The Morgan fingerprint density at radius 3 is 3.00 bits per heavy atom. The number of rotatable bonds is 6. The molecule has 3 atom stereocenters.